The number of hydrogen-bond acceptors (Lipinski definition) is 3. The summed E-state index contributed by atoms with van der Waals surface area (Å²) in [5.74, 6) is 0.0862. The van der Waals surface area contributed by atoms with Gasteiger partial charge in [0.15, 0.2) is 0 Å². The van der Waals surface area contributed by atoms with E-state index < -0.39 is 0 Å². The van der Waals surface area contributed by atoms with Gasteiger partial charge in [-0.1, -0.05) is 0 Å². The molecule has 3 aromatic rings. The Morgan fingerprint density at radius 2 is 1.80 bits per heavy atom. The Hall–Kier alpha value is -2.95. The van der Waals surface area contributed by atoms with E-state index in [1.165, 1.54) is 0 Å². The second kappa shape index (κ2) is 6.51. The summed E-state index contributed by atoms with van der Waals surface area (Å²) in [7, 11) is 0. The number of aromatic nitrogens is 3. The highest BCUT2D eigenvalue weighted by Crippen LogP contribution is 2.32. The van der Waals surface area contributed by atoms with Crippen molar-refractivity contribution in [1.82, 2.24) is 19.7 Å². The second-order valence-corrected chi connectivity index (χ2v) is 6.37. The number of carbonyl (C=O) groups is 1. The fraction of sp³-hybridized carbons (Fsp3) is 0.250. The fourth-order valence-corrected chi connectivity index (χ4v) is 3.49. The topological polar surface area (TPSA) is 51.0 Å². The average molecular weight is 332 g/mol. The van der Waals surface area contributed by atoms with Gasteiger partial charge >= 0.3 is 0 Å². The van der Waals surface area contributed by atoms with E-state index in [1.54, 1.807) is 18.6 Å². The lowest BCUT2D eigenvalue weighted by atomic mass is 10.1. The molecule has 1 unspecified atom stereocenters. The Bertz CT molecular complexity index is 870. The van der Waals surface area contributed by atoms with E-state index in [1.807, 2.05) is 59.0 Å². The van der Waals surface area contributed by atoms with Gasteiger partial charge in [0.2, 0.25) is 0 Å². The summed E-state index contributed by atoms with van der Waals surface area (Å²) >= 11 is 0. The van der Waals surface area contributed by atoms with Crippen LogP contribution in [0.15, 0.2) is 61.1 Å². The SMILES string of the molecule is Cc1ccnn1-c1ccc(C(=O)N2CCCC2c2ccncc2)cc1. The minimum atomic E-state index is 0.0862. The van der Waals surface area contributed by atoms with Gasteiger partial charge in [-0.2, -0.15) is 5.10 Å². The second-order valence-electron chi connectivity index (χ2n) is 6.37. The maximum absolute atomic E-state index is 13.0. The largest absolute Gasteiger partial charge is 0.332 e. The maximum atomic E-state index is 13.0. The van der Waals surface area contributed by atoms with Crippen LogP contribution in [0.4, 0.5) is 0 Å². The van der Waals surface area contributed by atoms with E-state index in [0.29, 0.717) is 0 Å². The van der Waals surface area contributed by atoms with Gasteiger partial charge in [-0.25, -0.2) is 4.68 Å². The van der Waals surface area contributed by atoms with Crippen molar-refractivity contribution in [1.29, 1.82) is 0 Å². The smallest absolute Gasteiger partial charge is 0.254 e. The molecule has 0 bridgehead atoms. The average Bonchev–Trinajstić information content (AvgIpc) is 3.31. The first kappa shape index (κ1) is 15.6. The van der Waals surface area contributed by atoms with Crippen LogP contribution in [0.1, 0.15) is 40.5 Å². The zero-order valence-electron chi connectivity index (χ0n) is 14.2. The van der Waals surface area contributed by atoms with Crippen LogP contribution in [0.3, 0.4) is 0 Å². The van der Waals surface area contributed by atoms with Crippen LogP contribution in [-0.4, -0.2) is 32.1 Å². The minimum absolute atomic E-state index is 0.0862. The number of carbonyl (C=O) groups excluding carboxylic acids is 1. The number of hydrogen-bond donors (Lipinski definition) is 0. The molecule has 1 aliphatic rings. The lowest BCUT2D eigenvalue weighted by Gasteiger charge is -2.25. The Balaban J connectivity index is 1.57. The van der Waals surface area contributed by atoms with Crippen molar-refractivity contribution < 1.29 is 4.79 Å². The van der Waals surface area contributed by atoms with Crippen LogP contribution in [0.25, 0.3) is 5.69 Å². The molecule has 25 heavy (non-hydrogen) atoms. The van der Waals surface area contributed by atoms with Gasteiger partial charge in [0.1, 0.15) is 0 Å². The zero-order valence-corrected chi connectivity index (χ0v) is 14.2. The normalized spacial score (nSPS) is 17.0. The highest BCUT2D eigenvalue weighted by molar-refractivity contribution is 5.94. The van der Waals surface area contributed by atoms with Crippen LogP contribution in [0, 0.1) is 6.92 Å². The molecule has 1 aliphatic heterocycles. The number of pyridine rings is 1. The molecule has 4 rings (SSSR count). The van der Waals surface area contributed by atoms with Crippen molar-refractivity contribution in [3.05, 3.63) is 77.9 Å². The van der Waals surface area contributed by atoms with Crippen LogP contribution in [-0.2, 0) is 0 Å². The molecule has 3 heterocycles. The van der Waals surface area contributed by atoms with Crippen molar-refractivity contribution in [3.8, 4) is 5.69 Å². The summed E-state index contributed by atoms with van der Waals surface area (Å²) in [6.45, 7) is 2.81. The predicted octanol–water partition coefficient (Wildman–Crippen LogP) is 3.55. The highest BCUT2D eigenvalue weighted by Gasteiger charge is 2.30. The standard InChI is InChI=1S/C20H20N4O/c1-15-8-13-22-24(15)18-6-4-17(5-7-18)20(25)23-14-2-3-19(23)16-9-11-21-12-10-16/h4-13,19H,2-3,14H2,1H3. The van der Waals surface area contributed by atoms with Gasteiger partial charge in [0.05, 0.1) is 11.7 Å². The monoisotopic (exact) mass is 332 g/mol. The number of rotatable bonds is 3. The molecule has 2 aromatic heterocycles. The Kier molecular flexibility index (Phi) is 4.06. The van der Waals surface area contributed by atoms with Crippen molar-refractivity contribution in [2.24, 2.45) is 0 Å². The third-order valence-electron chi connectivity index (χ3n) is 4.80. The summed E-state index contributed by atoms with van der Waals surface area (Å²) in [5.41, 5.74) is 3.90. The molecule has 1 aromatic carbocycles. The van der Waals surface area contributed by atoms with E-state index in [4.69, 9.17) is 0 Å². The first-order chi connectivity index (χ1) is 12.2. The first-order valence-electron chi connectivity index (χ1n) is 8.56. The molecule has 126 valence electrons. The number of benzene rings is 1. The fourth-order valence-electron chi connectivity index (χ4n) is 3.49. The first-order valence-corrected chi connectivity index (χ1v) is 8.56. The molecular weight excluding hydrogens is 312 g/mol. The van der Waals surface area contributed by atoms with E-state index in [9.17, 15) is 4.79 Å². The van der Waals surface area contributed by atoms with Crippen molar-refractivity contribution in [3.63, 3.8) is 0 Å². The molecule has 1 amide bonds. The number of likely N-dealkylation sites (tertiary alicyclic amines) is 1. The Morgan fingerprint density at radius 1 is 1.04 bits per heavy atom. The molecule has 1 saturated heterocycles. The molecule has 0 radical (unpaired) electrons. The lowest BCUT2D eigenvalue weighted by molar-refractivity contribution is 0.0735. The van der Waals surface area contributed by atoms with Gasteiger partial charge in [-0.3, -0.25) is 9.78 Å². The van der Waals surface area contributed by atoms with Crippen LogP contribution in [0.5, 0.6) is 0 Å². The van der Waals surface area contributed by atoms with Crippen LogP contribution in [0.2, 0.25) is 0 Å². The molecule has 1 fully saturated rings. The molecule has 5 heteroatoms. The number of nitrogens with zero attached hydrogens (tertiary/aromatic N) is 4. The Labute approximate surface area is 146 Å². The van der Waals surface area contributed by atoms with E-state index in [2.05, 4.69) is 10.1 Å². The molecule has 0 saturated carbocycles. The summed E-state index contributed by atoms with van der Waals surface area (Å²) in [6.07, 6.45) is 7.39. The molecule has 0 spiro atoms. The highest BCUT2D eigenvalue weighted by atomic mass is 16.2. The van der Waals surface area contributed by atoms with Gasteiger partial charge < -0.3 is 4.90 Å². The third kappa shape index (κ3) is 2.93. The van der Waals surface area contributed by atoms with Gasteiger partial charge in [0.25, 0.3) is 5.91 Å². The van der Waals surface area contributed by atoms with Gasteiger partial charge in [-0.05, 0) is 67.8 Å². The van der Waals surface area contributed by atoms with Gasteiger partial charge in [-0.15, -0.1) is 0 Å². The molecule has 0 N–H and O–H groups in total. The molecule has 1 atom stereocenters. The molecule has 0 aliphatic carbocycles. The summed E-state index contributed by atoms with van der Waals surface area (Å²) in [4.78, 5) is 19.0. The van der Waals surface area contributed by atoms with Crippen LogP contribution >= 0.6 is 0 Å². The van der Waals surface area contributed by atoms with Gasteiger partial charge in [0, 0.05) is 36.4 Å². The number of amides is 1. The zero-order chi connectivity index (χ0) is 17.2. The third-order valence-corrected chi connectivity index (χ3v) is 4.80. The summed E-state index contributed by atoms with van der Waals surface area (Å²) in [6, 6.07) is 13.8. The number of aryl methyl sites for hydroxylation is 1. The summed E-state index contributed by atoms with van der Waals surface area (Å²) in [5, 5.41) is 4.31. The van der Waals surface area contributed by atoms with Crippen molar-refractivity contribution in [2.45, 2.75) is 25.8 Å². The quantitative estimate of drug-likeness (QED) is 0.737. The predicted molar refractivity (Wildman–Crippen MR) is 95.5 cm³/mol. The van der Waals surface area contributed by atoms with E-state index in [-0.39, 0.29) is 11.9 Å². The van der Waals surface area contributed by atoms with Crippen LogP contribution < -0.4 is 0 Å². The Morgan fingerprint density at radius 3 is 2.48 bits per heavy atom. The van der Waals surface area contributed by atoms with E-state index >= 15 is 0 Å². The van der Waals surface area contributed by atoms with Crippen molar-refractivity contribution >= 4 is 5.91 Å². The minimum Gasteiger partial charge on any atom is -0.332 e. The van der Waals surface area contributed by atoms with E-state index in [0.717, 1.165) is 41.9 Å². The van der Waals surface area contributed by atoms with Crippen molar-refractivity contribution in [2.75, 3.05) is 6.54 Å². The molecule has 5 nitrogen and oxygen atoms in total. The lowest BCUT2D eigenvalue weighted by Crippen LogP contribution is -2.30. The maximum Gasteiger partial charge on any atom is 0.254 e. The molecular formula is C20H20N4O. The summed E-state index contributed by atoms with van der Waals surface area (Å²) < 4.78 is 1.86.